The van der Waals surface area contributed by atoms with Gasteiger partial charge in [-0.2, -0.15) is 0 Å². The summed E-state index contributed by atoms with van der Waals surface area (Å²) in [6.07, 6.45) is 3.54. The molecule has 0 saturated carbocycles. The fourth-order valence-electron chi connectivity index (χ4n) is 2.82. The van der Waals surface area contributed by atoms with Gasteiger partial charge in [-0.25, -0.2) is 9.97 Å². The average molecular weight is 317 g/mol. The third-order valence-corrected chi connectivity index (χ3v) is 3.96. The minimum Gasteiger partial charge on any atom is -0.345 e. The summed E-state index contributed by atoms with van der Waals surface area (Å²) in [5, 5.41) is 0.925. The van der Waals surface area contributed by atoms with Crippen molar-refractivity contribution in [2.24, 2.45) is 5.73 Å². The van der Waals surface area contributed by atoms with E-state index in [-0.39, 0.29) is 5.56 Å². The van der Waals surface area contributed by atoms with Crippen molar-refractivity contribution in [1.29, 1.82) is 0 Å². The predicted octanol–water partition coefficient (Wildman–Crippen LogP) is 2.44. The van der Waals surface area contributed by atoms with Gasteiger partial charge in [0, 0.05) is 41.5 Å². The van der Waals surface area contributed by atoms with E-state index in [0.29, 0.717) is 18.1 Å². The van der Waals surface area contributed by atoms with Crippen molar-refractivity contribution in [3.63, 3.8) is 0 Å². The quantitative estimate of drug-likeness (QED) is 0.540. The van der Waals surface area contributed by atoms with Crippen LogP contribution in [0.4, 0.5) is 0 Å². The van der Waals surface area contributed by atoms with Gasteiger partial charge in [-0.1, -0.05) is 24.3 Å². The highest BCUT2D eigenvalue weighted by atomic mass is 16.1. The second-order valence-corrected chi connectivity index (χ2v) is 5.44. The summed E-state index contributed by atoms with van der Waals surface area (Å²) in [5.41, 5.74) is 9.55. The monoisotopic (exact) mass is 317 g/mol. The molecule has 6 nitrogen and oxygen atoms in total. The van der Waals surface area contributed by atoms with Crippen LogP contribution in [0.5, 0.6) is 0 Å². The number of benzene rings is 1. The zero-order chi connectivity index (χ0) is 16.5. The number of nitrogens with one attached hydrogen (secondary N) is 2. The summed E-state index contributed by atoms with van der Waals surface area (Å²) in [4.78, 5) is 27.0. The molecule has 4 N–H and O–H groups in total. The van der Waals surface area contributed by atoms with Crippen molar-refractivity contribution >= 4 is 11.0 Å². The Morgan fingerprint density at radius 2 is 1.96 bits per heavy atom. The number of nitrogens with zero attached hydrogens (tertiary/aromatic N) is 2. The lowest BCUT2D eigenvalue weighted by atomic mass is 10.1. The van der Waals surface area contributed by atoms with Crippen molar-refractivity contribution in [3.05, 3.63) is 70.8 Å². The van der Waals surface area contributed by atoms with Gasteiger partial charge in [0.25, 0.3) is 5.56 Å². The molecule has 3 heterocycles. The second kappa shape index (κ2) is 5.75. The van der Waals surface area contributed by atoms with Crippen LogP contribution in [0.3, 0.4) is 0 Å². The molecule has 0 unspecified atom stereocenters. The second-order valence-electron chi connectivity index (χ2n) is 5.44. The fourth-order valence-corrected chi connectivity index (χ4v) is 2.82. The first-order valence-corrected chi connectivity index (χ1v) is 7.58. The van der Waals surface area contributed by atoms with E-state index in [1.54, 1.807) is 6.20 Å². The number of hydrogen-bond donors (Lipinski definition) is 3. The summed E-state index contributed by atoms with van der Waals surface area (Å²) in [5.74, 6) is 0.511. The van der Waals surface area contributed by atoms with E-state index in [0.717, 1.165) is 27.7 Å². The van der Waals surface area contributed by atoms with E-state index in [1.165, 1.54) is 6.07 Å². The molecule has 0 spiro atoms. The lowest BCUT2D eigenvalue weighted by Gasteiger charge is -2.08. The van der Waals surface area contributed by atoms with Gasteiger partial charge < -0.3 is 15.7 Å². The Morgan fingerprint density at radius 1 is 1.08 bits per heavy atom. The van der Waals surface area contributed by atoms with Crippen LogP contribution < -0.4 is 11.3 Å². The molecule has 24 heavy (non-hydrogen) atoms. The Kier molecular flexibility index (Phi) is 3.44. The van der Waals surface area contributed by atoms with Gasteiger partial charge in [0.2, 0.25) is 0 Å². The minimum atomic E-state index is -0.208. The highest BCUT2D eigenvalue weighted by Gasteiger charge is 2.12. The summed E-state index contributed by atoms with van der Waals surface area (Å²) >= 11 is 0. The molecule has 0 atom stereocenters. The number of hydrogen-bond acceptors (Lipinski definition) is 4. The molecule has 1 aromatic carbocycles. The van der Waals surface area contributed by atoms with Gasteiger partial charge in [0.15, 0.2) is 0 Å². The molecule has 118 valence electrons. The largest absolute Gasteiger partial charge is 0.345 e. The number of nitrogens with two attached hydrogens (primary N) is 1. The highest BCUT2D eigenvalue weighted by molar-refractivity contribution is 5.92. The van der Waals surface area contributed by atoms with Crippen molar-refractivity contribution in [1.82, 2.24) is 19.9 Å². The fraction of sp³-hybridized carbons (Fsp3) is 0.0556. The number of rotatable bonds is 3. The summed E-state index contributed by atoms with van der Waals surface area (Å²) in [7, 11) is 0. The van der Waals surface area contributed by atoms with Gasteiger partial charge in [-0.3, -0.25) is 4.79 Å². The standard InChI is InChI=1S/C18H15N5O/c19-9-11-4-1-2-5-12(11)18-22-15(8-16(24)23-18)14-10-21-17-13(14)6-3-7-20-17/h1-8,10H,9,19H2,(H,20,21)(H,22,23,24). The SMILES string of the molecule is NCc1ccccc1-c1nc(-c2c[nH]c3ncccc23)cc(=O)[nH]1. The first-order chi connectivity index (χ1) is 11.8. The molecule has 4 rings (SSSR count). The van der Waals surface area contributed by atoms with E-state index in [9.17, 15) is 4.79 Å². The highest BCUT2D eigenvalue weighted by Crippen LogP contribution is 2.27. The smallest absolute Gasteiger partial charge is 0.251 e. The Morgan fingerprint density at radius 3 is 2.83 bits per heavy atom. The summed E-state index contributed by atoms with van der Waals surface area (Å²) in [6, 6.07) is 12.9. The zero-order valence-electron chi connectivity index (χ0n) is 12.8. The lowest BCUT2D eigenvalue weighted by molar-refractivity contribution is 1.05. The molecule has 0 radical (unpaired) electrons. The molecule has 0 aliphatic heterocycles. The van der Waals surface area contributed by atoms with Crippen molar-refractivity contribution in [2.45, 2.75) is 6.54 Å². The third-order valence-electron chi connectivity index (χ3n) is 3.96. The van der Waals surface area contributed by atoms with Crippen LogP contribution >= 0.6 is 0 Å². The first kappa shape index (κ1) is 14.3. The van der Waals surface area contributed by atoms with Gasteiger partial charge in [-0.15, -0.1) is 0 Å². The molecular formula is C18H15N5O. The average Bonchev–Trinajstić information content (AvgIpc) is 3.05. The molecule has 0 bridgehead atoms. The van der Waals surface area contributed by atoms with E-state index >= 15 is 0 Å². The first-order valence-electron chi connectivity index (χ1n) is 7.58. The maximum atomic E-state index is 12.2. The molecule has 0 aliphatic rings. The van der Waals surface area contributed by atoms with Gasteiger partial charge in [0.1, 0.15) is 11.5 Å². The Labute approximate surface area is 137 Å². The molecule has 6 heteroatoms. The summed E-state index contributed by atoms with van der Waals surface area (Å²) in [6.45, 7) is 0.376. The van der Waals surface area contributed by atoms with E-state index in [1.807, 2.05) is 42.6 Å². The molecule has 0 fully saturated rings. The van der Waals surface area contributed by atoms with Crippen LogP contribution in [0.1, 0.15) is 5.56 Å². The third kappa shape index (κ3) is 2.39. The van der Waals surface area contributed by atoms with Crippen molar-refractivity contribution < 1.29 is 0 Å². The van der Waals surface area contributed by atoms with E-state index < -0.39 is 0 Å². The Balaban J connectivity index is 1.93. The number of aromatic amines is 2. The Hall–Kier alpha value is -3.25. The van der Waals surface area contributed by atoms with Crippen LogP contribution in [0.2, 0.25) is 0 Å². The van der Waals surface area contributed by atoms with Crippen molar-refractivity contribution in [3.8, 4) is 22.6 Å². The molecular weight excluding hydrogens is 302 g/mol. The predicted molar refractivity (Wildman–Crippen MR) is 93.3 cm³/mol. The van der Waals surface area contributed by atoms with Gasteiger partial charge in [0.05, 0.1) is 5.69 Å². The van der Waals surface area contributed by atoms with E-state index in [2.05, 4.69) is 19.9 Å². The van der Waals surface area contributed by atoms with Crippen LogP contribution in [0, 0.1) is 0 Å². The number of H-pyrrole nitrogens is 2. The van der Waals surface area contributed by atoms with Crippen LogP contribution in [-0.4, -0.2) is 19.9 Å². The number of pyridine rings is 1. The normalized spacial score (nSPS) is 11.0. The van der Waals surface area contributed by atoms with Crippen LogP contribution in [0.15, 0.2) is 59.7 Å². The minimum absolute atomic E-state index is 0.208. The molecule has 0 saturated heterocycles. The van der Waals surface area contributed by atoms with E-state index in [4.69, 9.17) is 5.73 Å². The number of aromatic nitrogens is 4. The lowest BCUT2D eigenvalue weighted by Crippen LogP contribution is -2.10. The molecule has 3 aromatic heterocycles. The summed E-state index contributed by atoms with van der Waals surface area (Å²) < 4.78 is 0. The topological polar surface area (TPSA) is 100 Å². The van der Waals surface area contributed by atoms with Gasteiger partial charge >= 0.3 is 0 Å². The Bertz CT molecular complexity index is 1080. The maximum Gasteiger partial charge on any atom is 0.251 e. The molecule has 0 amide bonds. The zero-order valence-corrected chi connectivity index (χ0v) is 12.8. The number of fused-ring (bicyclic) bond motifs is 1. The maximum absolute atomic E-state index is 12.2. The van der Waals surface area contributed by atoms with Gasteiger partial charge in [-0.05, 0) is 17.7 Å². The van der Waals surface area contributed by atoms with Crippen molar-refractivity contribution in [2.75, 3.05) is 0 Å². The molecule has 4 aromatic rings. The van der Waals surface area contributed by atoms with Crippen LogP contribution in [0.25, 0.3) is 33.7 Å². The molecule has 0 aliphatic carbocycles. The van der Waals surface area contributed by atoms with Crippen LogP contribution in [-0.2, 0) is 6.54 Å².